The predicted molar refractivity (Wildman–Crippen MR) is 67.1 cm³/mol. The Bertz CT molecular complexity index is 594. The lowest BCUT2D eigenvalue weighted by atomic mass is 10.0. The Kier molecular flexibility index (Phi) is 3.94. The highest BCUT2D eigenvalue weighted by Crippen LogP contribution is 2.33. The molecule has 106 valence electrons. The first kappa shape index (κ1) is 14.3. The highest BCUT2D eigenvalue weighted by molar-refractivity contribution is 5.69. The number of aromatic nitrogens is 1. The number of nitrogens with zero attached hydrogens (tertiary/aromatic N) is 1. The first-order valence-electron chi connectivity index (χ1n) is 5.77. The zero-order chi connectivity index (χ0) is 14.8. The maximum Gasteiger partial charge on any atom is 0.416 e. The summed E-state index contributed by atoms with van der Waals surface area (Å²) >= 11 is 0. The van der Waals surface area contributed by atoms with Crippen LogP contribution >= 0.6 is 0 Å². The molecule has 0 saturated heterocycles. The van der Waals surface area contributed by atoms with Gasteiger partial charge in [0.15, 0.2) is 0 Å². The van der Waals surface area contributed by atoms with Gasteiger partial charge in [0.2, 0.25) is 5.88 Å². The summed E-state index contributed by atoms with van der Waals surface area (Å²) in [6.07, 6.45) is -2.92. The van der Waals surface area contributed by atoms with Gasteiger partial charge in [-0.3, -0.25) is 0 Å². The van der Waals surface area contributed by atoms with Gasteiger partial charge in [-0.05, 0) is 29.3 Å². The van der Waals surface area contributed by atoms with E-state index >= 15 is 0 Å². The molecule has 0 aliphatic heterocycles. The molecule has 2 rings (SSSR count). The van der Waals surface area contributed by atoms with Gasteiger partial charge in [-0.15, -0.1) is 0 Å². The molecule has 0 fully saturated rings. The SMILES string of the molecule is COc1ncc(CO)cc1-c1ccc(C(F)(F)F)cc1. The number of alkyl halides is 3. The number of halogens is 3. The van der Waals surface area contributed by atoms with E-state index in [9.17, 15) is 13.2 Å². The maximum atomic E-state index is 12.5. The summed E-state index contributed by atoms with van der Waals surface area (Å²) in [6, 6.07) is 6.34. The van der Waals surface area contributed by atoms with Gasteiger partial charge in [0, 0.05) is 11.8 Å². The topological polar surface area (TPSA) is 42.4 Å². The highest BCUT2D eigenvalue weighted by Gasteiger charge is 2.30. The van der Waals surface area contributed by atoms with Crippen LogP contribution in [0.25, 0.3) is 11.1 Å². The van der Waals surface area contributed by atoms with E-state index in [1.165, 1.54) is 25.4 Å². The summed E-state index contributed by atoms with van der Waals surface area (Å²) in [7, 11) is 1.43. The average Bonchev–Trinajstić information content (AvgIpc) is 2.45. The second-order valence-corrected chi connectivity index (χ2v) is 4.13. The number of benzene rings is 1. The first-order valence-corrected chi connectivity index (χ1v) is 5.77. The molecule has 1 heterocycles. The van der Waals surface area contributed by atoms with Crippen molar-refractivity contribution in [2.75, 3.05) is 7.11 Å². The summed E-state index contributed by atoms with van der Waals surface area (Å²) in [4.78, 5) is 4.01. The lowest BCUT2D eigenvalue weighted by molar-refractivity contribution is -0.137. The van der Waals surface area contributed by atoms with Crippen LogP contribution < -0.4 is 4.74 Å². The largest absolute Gasteiger partial charge is 0.481 e. The molecule has 3 nitrogen and oxygen atoms in total. The maximum absolute atomic E-state index is 12.5. The molecule has 0 bridgehead atoms. The van der Waals surface area contributed by atoms with Gasteiger partial charge in [-0.2, -0.15) is 13.2 Å². The minimum absolute atomic E-state index is 0.204. The van der Waals surface area contributed by atoms with Crippen molar-refractivity contribution in [1.29, 1.82) is 0 Å². The van der Waals surface area contributed by atoms with E-state index in [-0.39, 0.29) is 6.61 Å². The number of aliphatic hydroxyl groups is 1. The molecule has 1 N–H and O–H groups in total. The fourth-order valence-corrected chi connectivity index (χ4v) is 1.79. The van der Waals surface area contributed by atoms with Crippen molar-refractivity contribution in [2.45, 2.75) is 12.8 Å². The minimum Gasteiger partial charge on any atom is -0.481 e. The van der Waals surface area contributed by atoms with Crippen LogP contribution in [0.1, 0.15) is 11.1 Å². The number of methoxy groups -OCH3 is 1. The fraction of sp³-hybridized carbons (Fsp3) is 0.214. The second-order valence-electron chi connectivity index (χ2n) is 4.13. The molecule has 0 aliphatic rings. The minimum atomic E-state index is -4.37. The number of pyridine rings is 1. The number of hydrogen-bond donors (Lipinski definition) is 1. The smallest absolute Gasteiger partial charge is 0.416 e. The first-order chi connectivity index (χ1) is 9.45. The van der Waals surface area contributed by atoms with Gasteiger partial charge in [-0.1, -0.05) is 12.1 Å². The van der Waals surface area contributed by atoms with Crippen molar-refractivity contribution in [2.24, 2.45) is 0 Å². The summed E-state index contributed by atoms with van der Waals surface area (Å²) in [5.74, 6) is 0.293. The molecule has 1 aromatic carbocycles. The van der Waals surface area contributed by atoms with Crippen LogP contribution in [-0.4, -0.2) is 17.2 Å². The number of hydrogen-bond acceptors (Lipinski definition) is 3. The van der Waals surface area contributed by atoms with Crippen LogP contribution in [0.2, 0.25) is 0 Å². The van der Waals surface area contributed by atoms with Crippen molar-refractivity contribution in [1.82, 2.24) is 4.98 Å². The molecule has 0 aliphatic carbocycles. The second kappa shape index (κ2) is 5.50. The molecular formula is C14H12F3NO2. The molecule has 0 radical (unpaired) electrons. The van der Waals surface area contributed by atoms with Gasteiger partial charge in [0.25, 0.3) is 0 Å². The third-order valence-electron chi connectivity index (χ3n) is 2.81. The third kappa shape index (κ3) is 2.91. The van der Waals surface area contributed by atoms with Gasteiger partial charge in [-0.25, -0.2) is 4.98 Å². The molecular weight excluding hydrogens is 271 g/mol. The number of aliphatic hydroxyl groups excluding tert-OH is 1. The standard InChI is InChI=1S/C14H12F3NO2/c1-20-13-12(6-9(8-19)7-18-13)10-2-4-11(5-3-10)14(15,16)17/h2-7,19H,8H2,1H3. The van der Waals surface area contributed by atoms with E-state index in [0.29, 0.717) is 22.6 Å². The van der Waals surface area contributed by atoms with Crippen LogP contribution in [0.4, 0.5) is 13.2 Å². The molecule has 0 spiro atoms. The van der Waals surface area contributed by atoms with E-state index in [1.807, 2.05) is 0 Å². The van der Waals surface area contributed by atoms with E-state index in [1.54, 1.807) is 6.07 Å². The van der Waals surface area contributed by atoms with Crippen molar-refractivity contribution in [3.8, 4) is 17.0 Å². The van der Waals surface area contributed by atoms with Crippen molar-refractivity contribution in [3.05, 3.63) is 47.7 Å². The lowest BCUT2D eigenvalue weighted by Gasteiger charge is -2.11. The Balaban J connectivity index is 2.45. The van der Waals surface area contributed by atoms with Gasteiger partial charge >= 0.3 is 6.18 Å². The molecule has 2 aromatic rings. The Morgan fingerprint density at radius 3 is 2.35 bits per heavy atom. The van der Waals surface area contributed by atoms with Crippen molar-refractivity contribution in [3.63, 3.8) is 0 Å². The quantitative estimate of drug-likeness (QED) is 0.940. The van der Waals surface area contributed by atoms with Gasteiger partial charge < -0.3 is 9.84 Å². The summed E-state index contributed by atoms with van der Waals surface area (Å²) in [5.41, 5.74) is 0.914. The Morgan fingerprint density at radius 1 is 1.20 bits per heavy atom. The molecule has 1 aromatic heterocycles. The Morgan fingerprint density at radius 2 is 1.85 bits per heavy atom. The molecule has 0 amide bonds. The highest BCUT2D eigenvalue weighted by atomic mass is 19.4. The summed E-state index contributed by atoms with van der Waals surface area (Å²) in [5, 5.41) is 9.09. The fourth-order valence-electron chi connectivity index (χ4n) is 1.79. The van der Waals surface area contributed by atoms with Crippen LogP contribution in [0, 0.1) is 0 Å². The van der Waals surface area contributed by atoms with E-state index in [0.717, 1.165) is 12.1 Å². The molecule has 0 saturated carbocycles. The number of rotatable bonds is 3. The van der Waals surface area contributed by atoms with Crippen LogP contribution in [0.5, 0.6) is 5.88 Å². The molecule has 0 unspecified atom stereocenters. The Hall–Kier alpha value is -2.08. The predicted octanol–water partition coefficient (Wildman–Crippen LogP) is 3.27. The monoisotopic (exact) mass is 283 g/mol. The van der Waals surface area contributed by atoms with E-state index in [4.69, 9.17) is 9.84 Å². The lowest BCUT2D eigenvalue weighted by Crippen LogP contribution is -2.04. The van der Waals surface area contributed by atoms with E-state index in [2.05, 4.69) is 4.98 Å². The van der Waals surface area contributed by atoms with Gasteiger partial charge in [0.05, 0.1) is 19.3 Å². The third-order valence-corrected chi connectivity index (χ3v) is 2.81. The van der Waals surface area contributed by atoms with Crippen LogP contribution in [0.3, 0.4) is 0 Å². The normalized spacial score (nSPS) is 11.4. The molecule has 0 atom stereocenters. The number of ether oxygens (including phenoxy) is 1. The molecule has 20 heavy (non-hydrogen) atoms. The van der Waals surface area contributed by atoms with E-state index < -0.39 is 11.7 Å². The zero-order valence-electron chi connectivity index (χ0n) is 10.6. The summed E-state index contributed by atoms with van der Waals surface area (Å²) < 4.78 is 42.6. The van der Waals surface area contributed by atoms with Crippen LogP contribution in [-0.2, 0) is 12.8 Å². The van der Waals surface area contributed by atoms with Crippen molar-refractivity contribution < 1.29 is 23.0 Å². The van der Waals surface area contributed by atoms with Crippen molar-refractivity contribution >= 4 is 0 Å². The Labute approximate surface area is 113 Å². The zero-order valence-corrected chi connectivity index (χ0v) is 10.6. The van der Waals surface area contributed by atoms with Gasteiger partial charge in [0.1, 0.15) is 0 Å². The average molecular weight is 283 g/mol. The molecule has 6 heteroatoms. The summed E-state index contributed by atoms with van der Waals surface area (Å²) in [6.45, 7) is -0.204. The van der Waals surface area contributed by atoms with Crippen LogP contribution in [0.15, 0.2) is 36.5 Å².